The minimum absolute atomic E-state index is 0.381. The van der Waals surface area contributed by atoms with Crippen LogP contribution in [0.3, 0.4) is 0 Å². The largest absolute Gasteiger partial charge is 0.443 e. The van der Waals surface area contributed by atoms with Gasteiger partial charge in [0.1, 0.15) is 5.60 Å². The molecule has 0 unspecified atom stereocenters. The molecule has 0 atom stereocenters. The van der Waals surface area contributed by atoms with Crippen LogP contribution in [0.25, 0.3) is 10.9 Å². The number of carbonyl (C=O) groups excluding carboxylic acids is 1. The molecule has 0 N–H and O–H groups in total. The van der Waals surface area contributed by atoms with Gasteiger partial charge in [-0.1, -0.05) is 13.3 Å². The van der Waals surface area contributed by atoms with E-state index in [2.05, 4.69) is 11.9 Å². The molecule has 2 aromatic rings. The van der Waals surface area contributed by atoms with Gasteiger partial charge in [0.05, 0.1) is 18.3 Å². The van der Waals surface area contributed by atoms with Crippen LogP contribution in [-0.4, -0.2) is 34.5 Å². The summed E-state index contributed by atoms with van der Waals surface area (Å²) < 4.78 is 12.6. The van der Waals surface area contributed by atoms with Crippen LogP contribution in [0, 0.1) is 0 Å². The van der Waals surface area contributed by atoms with E-state index in [0.29, 0.717) is 6.61 Å². The van der Waals surface area contributed by atoms with Gasteiger partial charge in [0, 0.05) is 24.4 Å². The maximum atomic E-state index is 12.4. The van der Waals surface area contributed by atoms with Gasteiger partial charge in [0.25, 0.3) is 0 Å². The van der Waals surface area contributed by atoms with Crippen molar-refractivity contribution in [3.05, 3.63) is 30.2 Å². The van der Waals surface area contributed by atoms with Crippen LogP contribution in [-0.2, 0) is 15.9 Å². The third-order valence-electron chi connectivity index (χ3n) is 3.44. The lowest BCUT2D eigenvalue weighted by Crippen LogP contribution is -2.26. The molecule has 5 nitrogen and oxygen atoms in total. The zero-order valence-electron chi connectivity index (χ0n) is 14.5. The highest BCUT2D eigenvalue weighted by Crippen LogP contribution is 2.22. The monoisotopic (exact) mass is 318 g/mol. The van der Waals surface area contributed by atoms with Crippen LogP contribution in [0.5, 0.6) is 0 Å². The van der Waals surface area contributed by atoms with Gasteiger partial charge in [0.2, 0.25) is 0 Å². The lowest BCUT2D eigenvalue weighted by Gasteiger charge is -2.19. The van der Waals surface area contributed by atoms with E-state index < -0.39 is 5.60 Å². The Morgan fingerprint density at radius 2 is 2.09 bits per heavy atom. The number of nitrogens with zero attached hydrogens (tertiary/aromatic N) is 2. The Labute approximate surface area is 137 Å². The number of hydrogen-bond acceptors (Lipinski definition) is 4. The lowest BCUT2D eigenvalue weighted by atomic mass is 10.1. The number of pyridine rings is 1. The third-order valence-corrected chi connectivity index (χ3v) is 3.44. The second-order valence-corrected chi connectivity index (χ2v) is 6.61. The standard InChI is InChI=1S/C18H26N2O3/c1-5-6-10-22-11-8-14-13-20(17(21)23-18(2,3)4)16-12-19-9-7-15(14)16/h7,9,12-13H,5-6,8,10-11H2,1-4H3. The fourth-order valence-electron chi connectivity index (χ4n) is 2.34. The molecule has 2 heterocycles. The molecule has 126 valence electrons. The van der Waals surface area contributed by atoms with Gasteiger partial charge in [-0.3, -0.25) is 9.55 Å². The van der Waals surface area contributed by atoms with Gasteiger partial charge in [-0.2, -0.15) is 0 Å². The Balaban J connectivity index is 2.17. The molecule has 0 fully saturated rings. The van der Waals surface area contributed by atoms with Crippen molar-refractivity contribution in [1.29, 1.82) is 0 Å². The third kappa shape index (κ3) is 4.79. The summed E-state index contributed by atoms with van der Waals surface area (Å²) in [6.45, 7) is 9.15. The highest BCUT2D eigenvalue weighted by molar-refractivity contribution is 5.91. The molecule has 0 bridgehead atoms. The molecule has 0 aliphatic rings. The second kappa shape index (κ2) is 7.59. The molecule has 0 aromatic carbocycles. The first kappa shape index (κ1) is 17.5. The fourth-order valence-corrected chi connectivity index (χ4v) is 2.34. The SMILES string of the molecule is CCCCOCCc1cn(C(=O)OC(C)(C)C)c2cnccc12. The summed E-state index contributed by atoms with van der Waals surface area (Å²) in [5.41, 5.74) is 1.31. The van der Waals surface area contributed by atoms with E-state index in [-0.39, 0.29) is 6.09 Å². The predicted octanol–water partition coefficient (Wildman–Crippen LogP) is 4.18. The normalized spacial score (nSPS) is 11.8. The second-order valence-electron chi connectivity index (χ2n) is 6.61. The summed E-state index contributed by atoms with van der Waals surface area (Å²) in [6, 6.07) is 1.93. The van der Waals surface area contributed by atoms with Crippen LogP contribution in [0.15, 0.2) is 24.7 Å². The summed E-state index contributed by atoms with van der Waals surface area (Å²) in [4.78, 5) is 16.5. The van der Waals surface area contributed by atoms with E-state index >= 15 is 0 Å². The van der Waals surface area contributed by atoms with Crippen molar-refractivity contribution < 1.29 is 14.3 Å². The molecule has 0 saturated heterocycles. The molecule has 0 aliphatic carbocycles. The van der Waals surface area contributed by atoms with Crippen molar-refractivity contribution in [2.75, 3.05) is 13.2 Å². The first-order chi connectivity index (χ1) is 10.9. The Morgan fingerprint density at radius 3 is 2.78 bits per heavy atom. The number of unbranched alkanes of at least 4 members (excludes halogenated alkanes) is 1. The molecule has 0 aliphatic heterocycles. The van der Waals surface area contributed by atoms with Gasteiger partial charge in [-0.25, -0.2) is 4.79 Å². The van der Waals surface area contributed by atoms with Crippen molar-refractivity contribution in [2.45, 2.75) is 52.6 Å². The van der Waals surface area contributed by atoms with Crippen molar-refractivity contribution >= 4 is 17.0 Å². The lowest BCUT2D eigenvalue weighted by molar-refractivity contribution is 0.0544. The maximum absolute atomic E-state index is 12.4. The van der Waals surface area contributed by atoms with E-state index in [1.165, 1.54) is 4.57 Å². The van der Waals surface area contributed by atoms with Crippen molar-refractivity contribution in [1.82, 2.24) is 9.55 Å². The Bertz CT molecular complexity index is 656. The summed E-state index contributed by atoms with van der Waals surface area (Å²) in [6.07, 6.45) is 7.86. The zero-order valence-corrected chi connectivity index (χ0v) is 14.5. The molecule has 23 heavy (non-hydrogen) atoms. The van der Waals surface area contributed by atoms with Crippen molar-refractivity contribution in [2.24, 2.45) is 0 Å². The van der Waals surface area contributed by atoms with Crippen molar-refractivity contribution in [3.8, 4) is 0 Å². The summed E-state index contributed by atoms with van der Waals surface area (Å²) in [5, 5.41) is 1.02. The van der Waals surface area contributed by atoms with E-state index in [0.717, 1.165) is 42.3 Å². The molecule has 5 heteroatoms. The number of hydrogen-bond donors (Lipinski definition) is 0. The first-order valence-electron chi connectivity index (χ1n) is 8.17. The Hall–Kier alpha value is -1.88. The molecule has 2 aromatic heterocycles. The van der Waals surface area contributed by atoms with E-state index in [1.54, 1.807) is 12.4 Å². The molecule has 0 saturated carbocycles. The number of fused-ring (bicyclic) bond motifs is 1. The number of aromatic nitrogens is 2. The average molecular weight is 318 g/mol. The topological polar surface area (TPSA) is 53.4 Å². The van der Waals surface area contributed by atoms with Gasteiger partial charge in [-0.05, 0) is 45.2 Å². The van der Waals surface area contributed by atoms with E-state index in [4.69, 9.17) is 9.47 Å². The van der Waals surface area contributed by atoms with Gasteiger partial charge in [-0.15, -0.1) is 0 Å². The first-order valence-corrected chi connectivity index (χ1v) is 8.17. The summed E-state index contributed by atoms with van der Waals surface area (Å²) >= 11 is 0. The Kier molecular flexibility index (Phi) is 5.77. The Morgan fingerprint density at radius 1 is 1.30 bits per heavy atom. The van der Waals surface area contributed by atoms with E-state index in [1.807, 2.05) is 33.0 Å². The van der Waals surface area contributed by atoms with Crippen LogP contribution in [0.4, 0.5) is 4.79 Å². The molecule has 2 rings (SSSR count). The smallest absolute Gasteiger partial charge is 0.419 e. The minimum Gasteiger partial charge on any atom is -0.443 e. The number of ether oxygens (including phenoxy) is 2. The summed E-state index contributed by atoms with van der Waals surface area (Å²) in [7, 11) is 0. The quantitative estimate of drug-likeness (QED) is 0.750. The molecule has 0 amide bonds. The highest BCUT2D eigenvalue weighted by Gasteiger charge is 2.20. The van der Waals surface area contributed by atoms with Gasteiger partial charge in [0.15, 0.2) is 0 Å². The minimum atomic E-state index is -0.528. The molecular formula is C18H26N2O3. The van der Waals surface area contributed by atoms with Gasteiger partial charge >= 0.3 is 6.09 Å². The van der Waals surface area contributed by atoms with Crippen LogP contribution < -0.4 is 0 Å². The average Bonchev–Trinajstić information content (AvgIpc) is 2.85. The van der Waals surface area contributed by atoms with Crippen LogP contribution in [0.2, 0.25) is 0 Å². The van der Waals surface area contributed by atoms with Crippen LogP contribution in [0.1, 0.15) is 46.1 Å². The van der Waals surface area contributed by atoms with Crippen molar-refractivity contribution in [3.63, 3.8) is 0 Å². The van der Waals surface area contributed by atoms with Gasteiger partial charge < -0.3 is 9.47 Å². The zero-order chi connectivity index (χ0) is 16.9. The number of rotatable bonds is 6. The maximum Gasteiger partial charge on any atom is 0.419 e. The molecule has 0 spiro atoms. The highest BCUT2D eigenvalue weighted by atomic mass is 16.6. The molecule has 0 radical (unpaired) electrons. The summed E-state index contributed by atoms with van der Waals surface area (Å²) in [5.74, 6) is 0. The molecular weight excluding hydrogens is 292 g/mol. The van der Waals surface area contributed by atoms with E-state index in [9.17, 15) is 4.79 Å². The number of carbonyl (C=O) groups is 1. The predicted molar refractivity (Wildman–Crippen MR) is 90.8 cm³/mol. The fraction of sp³-hybridized carbons (Fsp3) is 0.556. The van der Waals surface area contributed by atoms with Crippen LogP contribution >= 0.6 is 0 Å².